The molecule has 16 heavy (non-hydrogen) atoms. The van der Waals surface area contributed by atoms with Crippen LogP contribution in [0.1, 0.15) is 31.9 Å². The summed E-state index contributed by atoms with van der Waals surface area (Å²) in [5.41, 5.74) is 2.50. The normalized spacial score (nSPS) is 12.2. The second-order valence-electron chi connectivity index (χ2n) is 3.98. The van der Waals surface area contributed by atoms with Crippen molar-refractivity contribution in [2.24, 2.45) is 0 Å². The Kier molecular flexibility index (Phi) is 5.06. The minimum absolute atomic E-state index is 0.342. The number of ether oxygens (including phenoxy) is 1. The van der Waals surface area contributed by atoms with Crippen LogP contribution in [0.4, 0.5) is 0 Å². The zero-order valence-electron chi connectivity index (χ0n) is 10.4. The lowest BCUT2D eigenvalue weighted by Gasteiger charge is -2.15. The lowest BCUT2D eigenvalue weighted by Crippen LogP contribution is -2.20. The highest BCUT2D eigenvalue weighted by atomic mass is 16.5. The zero-order chi connectivity index (χ0) is 12.0. The van der Waals surface area contributed by atoms with Crippen LogP contribution in [0.25, 0.3) is 0 Å². The Morgan fingerprint density at radius 3 is 2.50 bits per heavy atom. The summed E-state index contributed by atoms with van der Waals surface area (Å²) in [7, 11) is 1.68. The van der Waals surface area contributed by atoms with Gasteiger partial charge in [-0.3, -0.25) is 0 Å². The third-order valence-electron chi connectivity index (χ3n) is 2.77. The minimum Gasteiger partial charge on any atom is -0.497 e. The first kappa shape index (κ1) is 12.8. The van der Waals surface area contributed by atoms with E-state index in [1.165, 1.54) is 11.1 Å². The zero-order valence-corrected chi connectivity index (χ0v) is 10.4. The van der Waals surface area contributed by atoms with Crippen LogP contribution < -0.4 is 10.1 Å². The molecule has 2 heteroatoms. The van der Waals surface area contributed by atoms with Crippen molar-refractivity contribution in [1.29, 1.82) is 0 Å². The Balaban J connectivity index is 2.52. The van der Waals surface area contributed by atoms with Crippen molar-refractivity contribution < 1.29 is 4.74 Å². The smallest absolute Gasteiger partial charge is 0.118 e. The predicted molar refractivity (Wildman–Crippen MR) is 68.8 cm³/mol. The maximum Gasteiger partial charge on any atom is 0.118 e. The molecule has 2 nitrogen and oxygen atoms in total. The first-order valence-electron chi connectivity index (χ1n) is 5.71. The fraction of sp³-hybridized carbons (Fsp3) is 0.429. The Labute approximate surface area is 98.3 Å². The number of hydrogen-bond acceptors (Lipinski definition) is 2. The Morgan fingerprint density at radius 1 is 1.38 bits per heavy atom. The fourth-order valence-corrected chi connectivity index (χ4v) is 1.43. The maximum atomic E-state index is 5.13. The minimum atomic E-state index is 0.342. The SMILES string of the molecule is C=C(CC)CN[C@@H](C)c1ccc(OC)cc1. The van der Waals surface area contributed by atoms with Crippen LogP contribution in [-0.2, 0) is 0 Å². The van der Waals surface area contributed by atoms with Crippen molar-refractivity contribution in [1.82, 2.24) is 5.32 Å². The van der Waals surface area contributed by atoms with Gasteiger partial charge in [0.2, 0.25) is 0 Å². The van der Waals surface area contributed by atoms with Crippen molar-refractivity contribution in [2.75, 3.05) is 13.7 Å². The van der Waals surface area contributed by atoms with Gasteiger partial charge in [-0.25, -0.2) is 0 Å². The molecule has 0 saturated carbocycles. The molecule has 0 bridgehead atoms. The van der Waals surface area contributed by atoms with Crippen LogP contribution in [0.15, 0.2) is 36.4 Å². The topological polar surface area (TPSA) is 21.3 Å². The van der Waals surface area contributed by atoms with E-state index in [1.54, 1.807) is 7.11 Å². The molecule has 0 heterocycles. The van der Waals surface area contributed by atoms with Gasteiger partial charge in [0, 0.05) is 12.6 Å². The summed E-state index contributed by atoms with van der Waals surface area (Å²) >= 11 is 0. The molecule has 0 aliphatic carbocycles. The van der Waals surface area contributed by atoms with E-state index >= 15 is 0 Å². The molecule has 88 valence electrons. The number of methoxy groups -OCH3 is 1. The summed E-state index contributed by atoms with van der Waals surface area (Å²) in [6.45, 7) is 9.15. The summed E-state index contributed by atoms with van der Waals surface area (Å²) in [5.74, 6) is 0.897. The van der Waals surface area contributed by atoms with Gasteiger partial charge in [-0.15, -0.1) is 0 Å². The van der Waals surface area contributed by atoms with Gasteiger partial charge in [0.1, 0.15) is 5.75 Å². The van der Waals surface area contributed by atoms with Crippen molar-refractivity contribution >= 4 is 0 Å². The van der Waals surface area contributed by atoms with E-state index in [2.05, 4.69) is 37.9 Å². The van der Waals surface area contributed by atoms with Gasteiger partial charge in [0.05, 0.1) is 7.11 Å². The highest BCUT2D eigenvalue weighted by molar-refractivity contribution is 5.28. The average molecular weight is 219 g/mol. The molecule has 0 spiro atoms. The number of benzene rings is 1. The molecular formula is C14H21NO. The largest absolute Gasteiger partial charge is 0.497 e. The summed E-state index contributed by atoms with van der Waals surface area (Å²) < 4.78 is 5.13. The first-order chi connectivity index (χ1) is 7.67. The molecule has 0 saturated heterocycles. The highest BCUT2D eigenvalue weighted by Crippen LogP contribution is 2.17. The summed E-state index contributed by atoms with van der Waals surface area (Å²) in [5, 5.41) is 3.45. The van der Waals surface area contributed by atoms with E-state index in [0.29, 0.717) is 6.04 Å². The molecule has 1 aromatic rings. The van der Waals surface area contributed by atoms with Gasteiger partial charge >= 0.3 is 0 Å². The lowest BCUT2D eigenvalue weighted by atomic mass is 10.1. The standard InChI is InChI=1S/C14H21NO/c1-5-11(2)10-15-12(3)13-6-8-14(16-4)9-7-13/h6-9,12,15H,2,5,10H2,1,3-4H3/t12-/m0/s1. The van der Waals surface area contributed by atoms with Gasteiger partial charge in [-0.05, 0) is 31.0 Å². The van der Waals surface area contributed by atoms with Crippen molar-refractivity contribution in [3.8, 4) is 5.75 Å². The molecule has 0 aliphatic heterocycles. The number of rotatable bonds is 6. The third-order valence-corrected chi connectivity index (χ3v) is 2.77. The summed E-state index contributed by atoms with van der Waals surface area (Å²) in [6, 6.07) is 8.50. The van der Waals surface area contributed by atoms with E-state index in [-0.39, 0.29) is 0 Å². The third kappa shape index (κ3) is 3.70. The van der Waals surface area contributed by atoms with Crippen LogP contribution >= 0.6 is 0 Å². The molecular weight excluding hydrogens is 198 g/mol. The second-order valence-corrected chi connectivity index (χ2v) is 3.98. The predicted octanol–water partition coefficient (Wildman–Crippen LogP) is 3.31. The average Bonchev–Trinajstić information content (AvgIpc) is 2.35. The van der Waals surface area contributed by atoms with Gasteiger partial charge in [0.15, 0.2) is 0 Å². The molecule has 0 amide bonds. The quantitative estimate of drug-likeness (QED) is 0.741. The molecule has 0 aromatic heterocycles. The van der Waals surface area contributed by atoms with E-state index in [0.717, 1.165) is 18.7 Å². The number of hydrogen-bond donors (Lipinski definition) is 1. The number of nitrogens with one attached hydrogen (secondary N) is 1. The van der Waals surface area contributed by atoms with E-state index < -0.39 is 0 Å². The van der Waals surface area contributed by atoms with Crippen molar-refractivity contribution in [2.45, 2.75) is 26.3 Å². The Morgan fingerprint density at radius 2 is 2.00 bits per heavy atom. The van der Waals surface area contributed by atoms with Gasteiger partial charge in [-0.2, -0.15) is 0 Å². The maximum absolute atomic E-state index is 5.13. The molecule has 1 aromatic carbocycles. The van der Waals surface area contributed by atoms with Crippen LogP contribution in [0.3, 0.4) is 0 Å². The van der Waals surface area contributed by atoms with E-state index in [1.807, 2.05) is 12.1 Å². The summed E-state index contributed by atoms with van der Waals surface area (Å²) in [4.78, 5) is 0. The van der Waals surface area contributed by atoms with Gasteiger partial charge < -0.3 is 10.1 Å². The van der Waals surface area contributed by atoms with E-state index in [4.69, 9.17) is 4.74 Å². The van der Waals surface area contributed by atoms with Crippen molar-refractivity contribution in [3.05, 3.63) is 42.0 Å². The molecule has 0 radical (unpaired) electrons. The Bertz CT molecular complexity index is 329. The molecule has 1 N–H and O–H groups in total. The molecule has 0 aliphatic rings. The van der Waals surface area contributed by atoms with E-state index in [9.17, 15) is 0 Å². The summed E-state index contributed by atoms with van der Waals surface area (Å²) in [6.07, 6.45) is 1.03. The molecule has 1 rings (SSSR count). The highest BCUT2D eigenvalue weighted by Gasteiger charge is 2.04. The monoisotopic (exact) mass is 219 g/mol. The van der Waals surface area contributed by atoms with Crippen LogP contribution in [0.2, 0.25) is 0 Å². The fourth-order valence-electron chi connectivity index (χ4n) is 1.43. The molecule has 0 unspecified atom stereocenters. The molecule has 1 atom stereocenters. The molecule has 0 fully saturated rings. The Hall–Kier alpha value is -1.28. The van der Waals surface area contributed by atoms with Crippen LogP contribution in [0.5, 0.6) is 5.75 Å². The van der Waals surface area contributed by atoms with Gasteiger partial charge in [0.25, 0.3) is 0 Å². The van der Waals surface area contributed by atoms with Crippen molar-refractivity contribution in [3.63, 3.8) is 0 Å². The lowest BCUT2D eigenvalue weighted by molar-refractivity contribution is 0.414. The first-order valence-corrected chi connectivity index (χ1v) is 5.71. The van der Waals surface area contributed by atoms with Crippen LogP contribution in [0, 0.1) is 0 Å². The second kappa shape index (κ2) is 6.33. The van der Waals surface area contributed by atoms with Gasteiger partial charge in [-0.1, -0.05) is 31.2 Å². The van der Waals surface area contributed by atoms with Crippen LogP contribution in [-0.4, -0.2) is 13.7 Å².